The van der Waals surface area contributed by atoms with Gasteiger partial charge >= 0.3 is 0 Å². The highest BCUT2D eigenvalue weighted by Crippen LogP contribution is 2.34. The van der Waals surface area contributed by atoms with Gasteiger partial charge in [0.1, 0.15) is 5.76 Å². The molecule has 0 unspecified atom stereocenters. The molecule has 0 saturated heterocycles. The first kappa shape index (κ1) is 16.7. The average Bonchev–Trinajstić information content (AvgIpc) is 3.26. The van der Waals surface area contributed by atoms with E-state index in [1.165, 1.54) is 4.70 Å². The Labute approximate surface area is 145 Å². The quantitative estimate of drug-likeness (QED) is 0.685. The predicted octanol–water partition coefficient (Wildman–Crippen LogP) is 4.55. The summed E-state index contributed by atoms with van der Waals surface area (Å²) in [5, 5.41) is 4.05. The van der Waals surface area contributed by atoms with Gasteiger partial charge in [-0.25, -0.2) is 4.98 Å². The maximum atomic E-state index is 12.9. The Morgan fingerprint density at radius 2 is 2.00 bits per heavy atom. The molecule has 1 N–H and O–H groups in total. The van der Waals surface area contributed by atoms with Crippen LogP contribution in [0.5, 0.6) is 0 Å². The number of hydrogen-bond acceptors (Lipinski definition) is 4. The Morgan fingerprint density at radius 1 is 1.21 bits per heavy atom. The summed E-state index contributed by atoms with van der Waals surface area (Å²) in [6.07, 6.45) is 3.85. The van der Waals surface area contributed by atoms with E-state index in [1.54, 1.807) is 17.6 Å². The monoisotopic (exact) mass is 342 g/mol. The number of carbonyl (C=O) groups excluding carboxylic acids is 1. The summed E-state index contributed by atoms with van der Waals surface area (Å²) in [6, 6.07) is 11.8. The topological polar surface area (TPSA) is 55.1 Å². The minimum Gasteiger partial charge on any atom is -0.467 e. The predicted molar refractivity (Wildman–Crippen MR) is 96.9 cm³/mol. The lowest BCUT2D eigenvalue weighted by molar-refractivity contribution is -0.131. The van der Waals surface area contributed by atoms with Crippen molar-refractivity contribution in [2.45, 2.75) is 39.7 Å². The van der Waals surface area contributed by atoms with Gasteiger partial charge in [-0.05, 0) is 37.1 Å². The van der Waals surface area contributed by atoms with Crippen LogP contribution in [0.2, 0.25) is 0 Å². The van der Waals surface area contributed by atoms with Crippen LogP contribution in [0.1, 0.15) is 37.5 Å². The van der Waals surface area contributed by atoms with Crippen molar-refractivity contribution >= 4 is 27.5 Å². The number of thiazole rings is 1. The zero-order chi connectivity index (χ0) is 17.0. The fourth-order valence-electron chi connectivity index (χ4n) is 2.95. The molecule has 2 aromatic heterocycles. The Hall–Kier alpha value is -2.14. The Bertz CT molecular complexity index is 771. The summed E-state index contributed by atoms with van der Waals surface area (Å²) in [4.78, 5) is 17.6. The number of rotatable bonds is 7. The number of carbonyl (C=O) groups is 1. The number of furan rings is 1. The van der Waals surface area contributed by atoms with Gasteiger partial charge in [-0.3, -0.25) is 4.79 Å². The minimum absolute atomic E-state index is 0.0724. The Kier molecular flexibility index (Phi) is 5.00. The van der Waals surface area contributed by atoms with E-state index in [1.807, 2.05) is 30.3 Å². The van der Waals surface area contributed by atoms with Gasteiger partial charge < -0.3 is 9.73 Å². The van der Waals surface area contributed by atoms with Crippen molar-refractivity contribution in [3.8, 4) is 0 Å². The number of nitrogens with zero attached hydrogens (tertiary/aromatic N) is 1. The van der Waals surface area contributed by atoms with Crippen LogP contribution < -0.4 is 5.32 Å². The van der Waals surface area contributed by atoms with Gasteiger partial charge in [-0.15, -0.1) is 11.3 Å². The molecule has 0 aliphatic rings. The summed E-state index contributed by atoms with van der Waals surface area (Å²) in [5.41, 5.74) is 0.579. The molecule has 5 heteroatoms. The number of para-hydroxylation sites is 1. The molecule has 0 spiro atoms. The van der Waals surface area contributed by atoms with Crippen molar-refractivity contribution in [1.82, 2.24) is 10.3 Å². The molecule has 2 heterocycles. The molecular formula is C19H22N2O2S. The molecule has 0 aliphatic heterocycles. The summed E-state index contributed by atoms with van der Waals surface area (Å²) in [5.74, 6) is 0.840. The van der Waals surface area contributed by atoms with Crippen LogP contribution in [0.4, 0.5) is 0 Å². The van der Waals surface area contributed by atoms with E-state index in [-0.39, 0.29) is 5.91 Å². The van der Waals surface area contributed by atoms with E-state index >= 15 is 0 Å². The van der Waals surface area contributed by atoms with Crippen LogP contribution in [0, 0.1) is 5.41 Å². The van der Waals surface area contributed by atoms with E-state index in [4.69, 9.17) is 9.40 Å². The number of hydrogen-bond donors (Lipinski definition) is 1. The Balaban J connectivity index is 1.77. The second-order valence-electron chi connectivity index (χ2n) is 6.00. The third kappa shape index (κ3) is 3.36. The normalized spacial score (nSPS) is 11.8. The summed E-state index contributed by atoms with van der Waals surface area (Å²) in [7, 11) is 0. The molecule has 0 aliphatic carbocycles. The van der Waals surface area contributed by atoms with Gasteiger partial charge in [0, 0.05) is 6.42 Å². The lowest BCUT2D eigenvalue weighted by Crippen LogP contribution is -2.41. The zero-order valence-electron chi connectivity index (χ0n) is 14.0. The first-order valence-corrected chi connectivity index (χ1v) is 9.13. The molecule has 0 fully saturated rings. The molecule has 1 amide bonds. The van der Waals surface area contributed by atoms with E-state index in [0.717, 1.165) is 29.1 Å². The van der Waals surface area contributed by atoms with Crippen LogP contribution in [0.15, 0.2) is 47.1 Å². The van der Waals surface area contributed by atoms with Gasteiger partial charge in [0.15, 0.2) is 0 Å². The van der Waals surface area contributed by atoms with Crippen molar-refractivity contribution in [2.75, 3.05) is 0 Å². The molecule has 0 atom stereocenters. The van der Waals surface area contributed by atoms with E-state index in [9.17, 15) is 4.79 Å². The maximum Gasteiger partial charge on any atom is 0.226 e. The number of fused-ring (bicyclic) bond motifs is 1. The van der Waals surface area contributed by atoms with Crippen LogP contribution >= 0.6 is 11.3 Å². The molecule has 4 nitrogen and oxygen atoms in total. The third-order valence-electron chi connectivity index (χ3n) is 4.67. The molecule has 3 aromatic rings. The number of aromatic nitrogens is 1. The summed E-state index contributed by atoms with van der Waals surface area (Å²) in [6.45, 7) is 4.57. The smallest absolute Gasteiger partial charge is 0.226 e. The van der Waals surface area contributed by atoms with E-state index in [2.05, 4.69) is 25.2 Å². The molecule has 24 heavy (non-hydrogen) atoms. The molecule has 1 aromatic carbocycles. The molecule has 126 valence electrons. The third-order valence-corrected chi connectivity index (χ3v) is 5.70. The standard InChI is InChI=1S/C19H22N2O2S/c1-3-19(4-2,18(22)20-13-14-8-7-11-23-14)12-17-21-15-9-5-6-10-16(15)24-17/h5-11H,3-4,12-13H2,1-2H3,(H,20,22). The number of amides is 1. The second kappa shape index (κ2) is 7.18. The maximum absolute atomic E-state index is 12.9. The van der Waals surface area contributed by atoms with Crippen molar-refractivity contribution in [3.63, 3.8) is 0 Å². The summed E-state index contributed by atoms with van der Waals surface area (Å²) < 4.78 is 6.47. The summed E-state index contributed by atoms with van der Waals surface area (Å²) >= 11 is 1.68. The second-order valence-corrected chi connectivity index (χ2v) is 7.12. The van der Waals surface area contributed by atoms with Gasteiger partial charge in [-0.1, -0.05) is 26.0 Å². The number of benzene rings is 1. The largest absolute Gasteiger partial charge is 0.467 e. The molecule has 3 rings (SSSR count). The van der Waals surface area contributed by atoms with Crippen molar-refractivity contribution in [3.05, 3.63) is 53.4 Å². The molecule has 0 radical (unpaired) electrons. The highest BCUT2D eigenvalue weighted by Gasteiger charge is 2.36. The van der Waals surface area contributed by atoms with Crippen molar-refractivity contribution < 1.29 is 9.21 Å². The van der Waals surface area contributed by atoms with E-state index < -0.39 is 5.41 Å². The van der Waals surface area contributed by atoms with Crippen LogP contribution in [0.3, 0.4) is 0 Å². The fraction of sp³-hybridized carbons (Fsp3) is 0.368. The van der Waals surface area contributed by atoms with Crippen LogP contribution in [-0.4, -0.2) is 10.9 Å². The van der Waals surface area contributed by atoms with Gasteiger partial charge in [-0.2, -0.15) is 0 Å². The van der Waals surface area contributed by atoms with Crippen LogP contribution in [0.25, 0.3) is 10.2 Å². The zero-order valence-corrected chi connectivity index (χ0v) is 14.9. The first-order chi connectivity index (χ1) is 11.7. The van der Waals surface area contributed by atoms with E-state index in [0.29, 0.717) is 13.0 Å². The van der Waals surface area contributed by atoms with Crippen LogP contribution in [-0.2, 0) is 17.8 Å². The number of nitrogens with one attached hydrogen (secondary N) is 1. The van der Waals surface area contributed by atoms with Crippen molar-refractivity contribution in [1.29, 1.82) is 0 Å². The Morgan fingerprint density at radius 3 is 2.67 bits per heavy atom. The molecule has 0 bridgehead atoms. The van der Waals surface area contributed by atoms with Gasteiger partial charge in [0.05, 0.1) is 33.4 Å². The molecular weight excluding hydrogens is 320 g/mol. The van der Waals surface area contributed by atoms with Crippen molar-refractivity contribution in [2.24, 2.45) is 5.41 Å². The fourth-order valence-corrected chi connectivity index (χ4v) is 4.07. The lowest BCUT2D eigenvalue weighted by Gasteiger charge is -2.29. The molecule has 0 saturated carbocycles. The first-order valence-electron chi connectivity index (χ1n) is 8.32. The van der Waals surface area contributed by atoms with Gasteiger partial charge in [0.25, 0.3) is 0 Å². The highest BCUT2D eigenvalue weighted by atomic mass is 32.1. The SMILES string of the molecule is CCC(CC)(Cc1nc2ccccc2s1)C(=O)NCc1ccco1. The van der Waals surface area contributed by atoms with Gasteiger partial charge in [0.2, 0.25) is 5.91 Å². The highest BCUT2D eigenvalue weighted by molar-refractivity contribution is 7.18. The average molecular weight is 342 g/mol. The minimum atomic E-state index is -0.430. The lowest BCUT2D eigenvalue weighted by atomic mass is 9.78.